The van der Waals surface area contributed by atoms with Crippen LogP contribution in [0, 0.1) is 0 Å². The molecule has 1 aliphatic carbocycles. The zero-order valence-corrected chi connectivity index (χ0v) is 36.5. The van der Waals surface area contributed by atoms with E-state index in [2.05, 4.69) is 266 Å². The van der Waals surface area contributed by atoms with Gasteiger partial charge in [-0.1, -0.05) is 184 Å². The van der Waals surface area contributed by atoms with Gasteiger partial charge in [-0.25, -0.2) is 0 Å². The Hall–Kier alpha value is -8.20. The maximum atomic E-state index is 2.48. The second kappa shape index (κ2) is 15.6. The number of nitrogens with zero attached hydrogens (tertiary/aromatic N) is 2. The van der Waals surface area contributed by atoms with Gasteiger partial charge >= 0.3 is 0 Å². The minimum atomic E-state index is -0.136. The van der Waals surface area contributed by atoms with E-state index in [9.17, 15) is 0 Å². The lowest BCUT2D eigenvalue weighted by Gasteiger charge is -2.29. The highest BCUT2D eigenvalue weighted by Crippen LogP contribution is 2.54. The van der Waals surface area contributed by atoms with Crippen molar-refractivity contribution in [2.45, 2.75) is 19.3 Å². The molecule has 2 nitrogen and oxygen atoms in total. The molecule has 308 valence electrons. The van der Waals surface area contributed by atoms with Gasteiger partial charge in [0.15, 0.2) is 0 Å². The van der Waals surface area contributed by atoms with Crippen LogP contribution in [0.3, 0.4) is 0 Å². The number of benzene rings is 10. The Morgan fingerprint density at radius 3 is 1.62 bits per heavy atom. The Balaban J connectivity index is 1.04. The van der Waals surface area contributed by atoms with Gasteiger partial charge in [-0.05, 0) is 134 Å². The first kappa shape index (κ1) is 38.5. The molecule has 0 spiro atoms. The van der Waals surface area contributed by atoms with Gasteiger partial charge in [-0.2, -0.15) is 0 Å². The van der Waals surface area contributed by atoms with Crippen molar-refractivity contribution in [3.05, 3.63) is 254 Å². The zero-order valence-electron chi connectivity index (χ0n) is 36.5. The third-order valence-corrected chi connectivity index (χ3v) is 13.6. The summed E-state index contributed by atoms with van der Waals surface area (Å²) in [5.74, 6) is 0. The molecule has 11 aromatic rings. The lowest BCUT2D eigenvalue weighted by Crippen LogP contribution is -2.16. The van der Waals surface area contributed by atoms with Crippen molar-refractivity contribution in [1.82, 2.24) is 4.57 Å². The van der Waals surface area contributed by atoms with E-state index in [1.165, 1.54) is 88.7 Å². The summed E-state index contributed by atoms with van der Waals surface area (Å²) in [6.45, 7) is 4.72. The van der Waals surface area contributed by atoms with Gasteiger partial charge in [0.25, 0.3) is 0 Å². The lowest BCUT2D eigenvalue weighted by molar-refractivity contribution is 0.660. The SMILES string of the molecule is CC1(C)c2ccccc2-c2c(N(c3ccc(-c4cccc5c4c4ccccc4n5-c4ccccc4)cc3)c3cccc(-c4cc(-c5ccccc5)cc(-c5ccccc5)c4)c3)cccc21. The molecule has 2 heteroatoms. The Labute approximate surface area is 381 Å². The van der Waals surface area contributed by atoms with Gasteiger partial charge in [-0.15, -0.1) is 0 Å². The van der Waals surface area contributed by atoms with E-state index in [1.54, 1.807) is 0 Å². The highest BCUT2D eigenvalue weighted by Gasteiger charge is 2.37. The van der Waals surface area contributed by atoms with Gasteiger partial charge in [0.2, 0.25) is 0 Å². The summed E-state index contributed by atoms with van der Waals surface area (Å²) in [4.78, 5) is 2.48. The number of fused-ring (bicyclic) bond motifs is 6. The molecule has 1 heterocycles. The van der Waals surface area contributed by atoms with E-state index >= 15 is 0 Å². The average Bonchev–Trinajstić information content (AvgIpc) is 3.84. The molecule has 12 rings (SSSR count). The summed E-state index contributed by atoms with van der Waals surface area (Å²) in [5.41, 5.74) is 21.6. The Morgan fingerprint density at radius 2 is 0.892 bits per heavy atom. The van der Waals surface area contributed by atoms with E-state index in [-0.39, 0.29) is 5.41 Å². The van der Waals surface area contributed by atoms with E-state index in [0.717, 1.165) is 22.6 Å². The third kappa shape index (κ3) is 6.49. The molecule has 0 amide bonds. The quantitative estimate of drug-likeness (QED) is 0.148. The second-order valence-electron chi connectivity index (χ2n) is 17.7. The normalized spacial score (nSPS) is 12.6. The van der Waals surface area contributed by atoms with Crippen LogP contribution in [-0.4, -0.2) is 4.57 Å². The summed E-state index contributed by atoms with van der Waals surface area (Å²) in [5, 5.41) is 2.51. The van der Waals surface area contributed by atoms with E-state index in [1.807, 2.05) is 0 Å². The number of aromatic nitrogens is 1. The van der Waals surface area contributed by atoms with Crippen molar-refractivity contribution in [2.75, 3.05) is 4.90 Å². The molecule has 0 N–H and O–H groups in total. The number of rotatable bonds is 8. The molecule has 0 atom stereocenters. The summed E-state index contributed by atoms with van der Waals surface area (Å²) in [6.07, 6.45) is 0. The van der Waals surface area contributed by atoms with Crippen LogP contribution in [0.2, 0.25) is 0 Å². The van der Waals surface area contributed by atoms with Gasteiger partial charge in [0, 0.05) is 38.8 Å². The minimum Gasteiger partial charge on any atom is -0.310 e. The van der Waals surface area contributed by atoms with Crippen LogP contribution >= 0.6 is 0 Å². The monoisotopic (exact) mass is 830 g/mol. The summed E-state index contributed by atoms with van der Waals surface area (Å²) in [7, 11) is 0. The fraction of sp³-hybridized carbons (Fsp3) is 0.0476. The predicted octanol–water partition coefficient (Wildman–Crippen LogP) is 17.2. The third-order valence-electron chi connectivity index (χ3n) is 13.6. The molecule has 65 heavy (non-hydrogen) atoms. The Morgan fingerprint density at radius 1 is 0.354 bits per heavy atom. The molecule has 1 aliphatic rings. The topological polar surface area (TPSA) is 8.17 Å². The first-order valence-electron chi connectivity index (χ1n) is 22.6. The highest BCUT2D eigenvalue weighted by molar-refractivity contribution is 6.15. The molecule has 0 saturated carbocycles. The lowest BCUT2D eigenvalue weighted by atomic mass is 9.82. The zero-order chi connectivity index (χ0) is 43.5. The van der Waals surface area contributed by atoms with E-state index < -0.39 is 0 Å². The van der Waals surface area contributed by atoms with Crippen molar-refractivity contribution in [3.8, 4) is 61.3 Å². The van der Waals surface area contributed by atoms with Crippen LogP contribution in [0.1, 0.15) is 25.0 Å². The van der Waals surface area contributed by atoms with Gasteiger partial charge < -0.3 is 9.47 Å². The van der Waals surface area contributed by atoms with Gasteiger partial charge in [0.05, 0.1) is 16.7 Å². The molecule has 0 aliphatic heterocycles. The maximum Gasteiger partial charge on any atom is 0.0547 e. The van der Waals surface area contributed by atoms with Crippen LogP contribution in [0.15, 0.2) is 243 Å². The molecule has 0 saturated heterocycles. The van der Waals surface area contributed by atoms with Gasteiger partial charge in [0.1, 0.15) is 0 Å². The standard InChI is InChI=1S/C63H46N2/c1-63(2)56-30-14-12-27-54(56)62-57(63)31-18-34-60(62)64(52-26-16-23-46(42-52)49-40-47(43-19-6-3-7-20-43)39-48(41-49)44-21-8-4-9-22-44)51-37-35-45(36-38-51)53-29-17-33-59-61(53)55-28-13-15-32-58(55)65(59)50-24-10-5-11-25-50/h3-42H,1-2H3. The second-order valence-corrected chi connectivity index (χ2v) is 17.7. The predicted molar refractivity (Wildman–Crippen MR) is 275 cm³/mol. The van der Waals surface area contributed by atoms with Crippen molar-refractivity contribution < 1.29 is 0 Å². The van der Waals surface area contributed by atoms with Crippen LogP contribution in [0.5, 0.6) is 0 Å². The van der Waals surface area contributed by atoms with Crippen molar-refractivity contribution in [2.24, 2.45) is 0 Å². The first-order chi connectivity index (χ1) is 32.0. The summed E-state index contributed by atoms with van der Waals surface area (Å²) in [6, 6.07) is 88.9. The largest absolute Gasteiger partial charge is 0.310 e. The molecule has 0 radical (unpaired) electrons. The Kier molecular flexibility index (Phi) is 9.21. The van der Waals surface area contributed by atoms with Crippen LogP contribution in [0.25, 0.3) is 83.1 Å². The van der Waals surface area contributed by atoms with Crippen molar-refractivity contribution >= 4 is 38.9 Å². The average molecular weight is 831 g/mol. The molecular weight excluding hydrogens is 785 g/mol. The fourth-order valence-electron chi connectivity index (χ4n) is 10.5. The summed E-state index contributed by atoms with van der Waals surface area (Å²) >= 11 is 0. The molecule has 0 fully saturated rings. The summed E-state index contributed by atoms with van der Waals surface area (Å²) < 4.78 is 2.39. The van der Waals surface area contributed by atoms with E-state index in [4.69, 9.17) is 0 Å². The molecule has 1 aromatic heterocycles. The van der Waals surface area contributed by atoms with Crippen molar-refractivity contribution in [3.63, 3.8) is 0 Å². The first-order valence-corrected chi connectivity index (χ1v) is 22.6. The number of hydrogen-bond donors (Lipinski definition) is 0. The number of hydrogen-bond acceptors (Lipinski definition) is 1. The van der Waals surface area contributed by atoms with Crippen molar-refractivity contribution in [1.29, 1.82) is 0 Å². The molecule has 0 bridgehead atoms. The minimum absolute atomic E-state index is 0.136. The molecule has 10 aromatic carbocycles. The highest BCUT2D eigenvalue weighted by atomic mass is 15.1. The van der Waals surface area contributed by atoms with Crippen LogP contribution in [-0.2, 0) is 5.41 Å². The Bertz CT molecular complexity index is 3490. The maximum absolute atomic E-state index is 2.48. The number of anilines is 3. The van der Waals surface area contributed by atoms with Crippen LogP contribution < -0.4 is 4.90 Å². The smallest absolute Gasteiger partial charge is 0.0547 e. The fourth-order valence-corrected chi connectivity index (χ4v) is 10.5. The molecule has 0 unspecified atom stereocenters. The molecular formula is C63H46N2. The number of para-hydroxylation sites is 2. The van der Waals surface area contributed by atoms with E-state index in [0.29, 0.717) is 0 Å². The van der Waals surface area contributed by atoms with Crippen LogP contribution in [0.4, 0.5) is 17.1 Å². The van der Waals surface area contributed by atoms with Gasteiger partial charge in [-0.3, -0.25) is 0 Å².